The monoisotopic (exact) mass is 252 g/mol. The average molecular weight is 253 g/mol. The molecule has 1 aliphatic rings. The third-order valence-corrected chi connectivity index (χ3v) is 3.47. The van der Waals surface area contributed by atoms with Gasteiger partial charge in [0.15, 0.2) is 0 Å². The number of benzene rings is 1. The Morgan fingerprint density at radius 1 is 1.53 bits per heavy atom. The van der Waals surface area contributed by atoms with Gasteiger partial charge in [0.1, 0.15) is 0 Å². The van der Waals surface area contributed by atoms with Gasteiger partial charge in [-0.25, -0.2) is 0 Å². The van der Waals surface area contributed by atoms with Crippen molar-refractivity contribution in [3.8, 4) is 0 Å². The summed E-state index contributed by atoms with van der Waals surface area (Å²) in [6.45, 7) is 1.51. The standard InChI is InChI=1S/C13H17ClN2O/c1-16(13(17)12-7-4-8-15-12)9-10-5-2-3-6-11(10)14/h2-3,5-6,12,15H,4,7-9H2,1H3. The zero-order valence-corrected chi connectivity index (χ0v) is 10.7. The Labute approximate surface area is 107 Å². The predicted molar refractivity (Wildman–Crippen MR) is 69.0 cm³/mol. The van der Waals surface area contributed by atoms with Crippen LogP contribution in [0.25, 0.3) is 0 Å². The number of likely N-dealkylation sites (N-methyl/N-ethyl adjacent to an activating group) is 1. The molecule has 0 radical (unpaired) electrons. The van der Waals surface area contributed by atoms with Gasteiger partial charge in [0.25, 0.3) is 0 Å². The zero-order chi connectivity index (χ0) is 12.3. The first-order valence-corrected chi connectivity index (χ1v) is 6.28. The molecular weight excluding hydrogens is 236 g/mol. The quantitative estimate of drug-likeness (QED) is 0.893. The Morgan fingerprint density at radius 3 is 2.94 bits per heavy atom. The van der Waals surface area contributed by atoms with Crippen molar-refractivity contribution >= 4 is 17.5 Å². The van der Waals surface area contributed by atoms with Gasteiger partial charge >= 0.3 is 0 Å². The largest absolute Gasteiger partial charge is 0.340 e. The van der Waals surface area contributed by atoms with Gasteiger partial charge in [-0.05, 0) is 31.0 Å². The first kappa shape index (κ1) is 12.4. The van der Waals surface area contributed by atoms with E-state index >= 15 is 0 Å². The summed E-state index contributed by atoms with van der Waals surface area (Å²) < 4.78 is 0. The highest BCUT2D eigenvalue weighted by Crippen LogP contribution is 2.17. The lowest BCUT2D eigenvalue weighted by Crippen LogP contribution is -2.41. The number of carbonyl (C=O) groups excluding carboxylic acids is 1. The average Bonchev–Trinajstić information content (AvgIpc) is 2.84. The minimum Gasteiger partial charge on any atom is -0.340 e. The van der Waals surface area contributed by atoms with Gasteiger partial charge in [-0.1, -0.05) is 29.8 Å². The maximum absolute atomic E-state index is 12.1. The summed E-state index contributed by atoms with van der Waals surface area (Å²) in [5.74, 6) is 0.155. The molecule has 1 aromatic carbocycles. The molecule has 92 valence electrons. The lowest BCUT2D eigenvalue weighted by molar-refractivity contribution is -0.132. The van der Waals surface area contributed by atoms with E-state index in [1.54, 1.807) is 4.90 Å². The highest BCUT2D eigenvalue weighted by molar-refractivity contribution is 6.31. The fourth-order valence-electron chi connectivity index (χ4n) is 2.12. The van der Waals surface area contributed by atoms with Crippen LogP contribution in [0.3, 0.4) is 0 Å². The minimum atomic E-state index is -0.0116. The van der Waals surface area contributed by atoms with Gasteiger partial charge in [-0.2, -0.15) is 0 Å². The van der Waals surface area contributed by atoms with E-state index < -0.39 is 0 Å². The molecule has 1 heterocycles. The van der Waals surface area contributed by atoms with Crippen LogP contribution >= 0.6 is 11.6 Å². The predicted octanol–water partition coefficient (Wildman–Crippen LogP) is 2.05. The fraction of sp³-hybridized carbons (Fsp3) is 0.462. The molecule has 0 spiro atoms. The fourth-order valence-corrected chi connectivity index (χ4v) is 2.32. The summed E-state index contributed by atoms with van der Waals surface area (Å²) in [6.07, 6.45) is 2.02. The van der Waals surface area contributed by atoms with Crippen LogP contribution in [0.4, 0.5) is 0 Å². The molecule has 1 unspecified atom stereocenters. The number of rotatable bonds is 3. The summed E-state index contributed by atoms with van der Waals surface area (Å²) in [5, 5.41) is 3.93. The van der Waals surface area contributed by atoms with Crippen LogP contribution in [0.15, 0.2) is 24.3 Å². The Kier molecular flexibility index (Phi) is 4.02. The lowest BCUT2D eigenvalue weighted by Gasteiger charge is -2.21. The number of hydrogen-bond donors (Lipinski definition) is 1. The van der Waals surface area contributed by atoms with E-state index in [0.29, 0.717) is 11.6 Å². The van der Waals surface area contributed by atoms with E-state index in [4.69, 9.17) is 11.6 Å². The molecule has 0 saturated carbocycles. The molecule has 1 aromatic rings. The molecule has 3 nitrogen and oxygen atoms in total. The molecule has 0 aliphatic carbocycles. The summed E-state index contributed by atoms with van der Waals surface area (Å²) >= 11 is 6.08. The lowest BCUT2D eigenvalue weighted by atomic mass is 10.1. The second-order valence-corrected chi connectivity index (χ2v) is 4.84. The third-order valence-electron chi connectivity index (χ3n) is 3.10. The van der Waals surface area contributed by atoms with Gasteiger partial charge in [0, 0.05) is 18.6 Å². The van der Waals surface area contributed by atoms with E-state index in [2.05, 4.69) is 5.32 Å². The maximum atomic E-state index is 12.1. The molecule has 1 N–H and O–H groups in total. The summed E-state index contributed by atoms with van der Waals surface area (Å²) in [4.78, 5) is 13.8. The van der Waals surface area contributed by atoms with Gasteiger partial charge in [0.05, 0.1) is 6.04 Å². The van der Waals surface area contributed by atoms with Crippen LogP contribution in [0.2, 0.25) is 5.02 Å². The third kappa shape index (κ3) is 2.99. The van der Waals surface area contributed by atoms with E-state index in [1.807, 2.05) is 31.3 Å². The second-order valence-electron chi connectivity index (χ2n) is 4.43. The molecular formula is C13H17ClN2O. The first-order chi connectivity index (χ1) is 8.18. The minimum absolute atomic E-state index is 0.0116. The van der Waals surface area contributed by atoms with Crippen molar-refractivity contribution in [3.05, 3.63) is 34.9 Å². The first-order valence-electron chi connectivity index (χ1n) is 5.90. The SMILES string of the molecule is CN(Cc1ccccc1Cl)C(=O)C1CCCN1. The number of nitrogens with one attached hydrogen (secondary N) is 1. The van der Waals surface area contributed by atoms with Gasteiger partial charge < -0.3 is 10.2 Å². The highest BCUT2D eigenvalue weighted by Gasteiger charge is 2.24. The summed E-state index contributed by atoms with van der Waals surface area (Å²) in [7, 11) is 1.83. The Balaban J connectivity index is 1.99. The molecule has 2 rings (SSSR count). The number of carbonyl (C=O) groups is 1. The van der Waals surface area contributed by atoms with E-state index in [-0.39, 0.29) is 11.9 Å². The number of nitrogens with zero attached hydrogens (tertiary/aromatic N) is 1. The van der Waals surface area contributed by atoms with Crippen LogP contribution in [-0.2, 0) is 11.3 Å². The van der Waals surface area contributed by atoms with Gasteiger partial charge in [0.2, 0.25) is 5.91 Å². The second kappa shape index (κ2) is 5.52. The molecule has 1 fully saturated rings. The van der Waals surface area contributed by atoms with Crippen LogP contribution in [-0.4, -0.2) is 30.4 Å². The normalized spacial score (nSPS) is 19.3. The summed E-state index contributed by atoms with van der Waals surface area (Å²) in [5.41, 5.74) is 0.989. The van der Waals surface area contributed by atoms with Crippen molar-refractivity contribution in [3.63, 3.8) is 0 Å². The van der Waals surface area contributed by atoms with Crippen LogP contribution in [0.1, 0.15) is 18.4 Å². The van der Waals surface area contributed by atoms with Crippen molar-refractivity contribution in [2.24, 2.45) is 0 Å². The molecule has 0 bridgehead atoms. The van der Waals surface area contributed by atoms with E-state index in [9.17, 15) is 4.79 Å². The van der Waals surface area contributed by atoms with Crippen LogP contribution < -0.4 is 5.32 Å². The molecule has 1 aliphatic heterocycles. The molecule has 4 heteroatoms. The Bertz CT molecular complexity index is 402. The van der Waals surface area contributed by atoms with Gasteiger partial charge in [-0.15, -0.1) is 0 Å². The molecule has 17 heavy (non-hydrogen) atoms. The van der Waals surface area contributed by atoms with Crippen molar-refractivity contribution in [2.45, 2.75) is 25.4 Å². The van der Waals surface area contributed by atoms with Crippen molar-refractivity contribution in [1.82, 2.24) is 10.2 Å². The zero-order valence-electron chi connectivity index (χ0n) is 9.95. The Hall–Kier alpha value is -1.06. The van der Waals surface area contributed by atoms with Crippen molar-refractivity contribution in [1.29, 1.82) is 0 Å². The molecule has 0 aromatic heterocycles. The molecule has 1 amide bonds. The smallest absolute Gasteiger partial charge is 0.239 e. The molecule has 1 atom stereocenters. The number of hydrogen-bond acceptors (Lipinski definition) is 2. The molecule has 1 saturated heterocycles. The van der Waals surface area contributed by atoms with E-state index in [1.165, 1.54) is 0 Å². The highest BCUT2D eigenvalue weighted by atomic mass is 35.5. The topological polar surface area (TPSA) is 32.3 Å². The number of amides is 1. The van der Waals surface area contributed by atoms with Crippen molar-refractivity contribution in [2.75, 3.05) is 13.6 Å². The van der Waals surface area contributed by atoms with E-state index in [0.717, 1.165) is 24.9 Å². The van der Waals surface area contributed by atoms with Crippen molar-refractivity contribution < 1.29 is 4.79 Å². The summed E-state index contributed by atoms with van der Waals surface area (Å²) in [6, 6.07) is 7.62. The number of halogens is 1. The van der Waals surface area contributed by atoms with Gasteiger partial charge in [-0.3, -0.25) is 4.79 Å². The van der Waals surface area contributed by atoms with Crippen LogP contribution in [0.5, 0.6) is 0 Å². The maximum Gasteiger partial charge on any atom is 0.239 e. The Morgan fingerprint density at radius 2 is 2.29 bits per heavy atom. The van der Waals surface area contributed by atoms with Crippen LogP contribution in [0, 0.1) is 0 Å².